The maximum Gasteiger partial charge on any atom is 0.161 e. The van der Waals surface area contributed by atoms with E-state index in [1.54, 1.807) is 0 Å². The van der Waals surface area contributed by atoms with Crippen LogP contribution in [-0.2, 0) is 6.42 Å². The molecule has 1 unspecified atom stereocenters. The van der Waals surface area contributed by atoms with E-state index in [-0.39, 0.29) is 6.10 Å². The van der Waals surface area contributed by atoms with Crippen molar-refractivity contribution in [2.75, 3.05) is 13.2 Å². The number of fused-ring (bicyclic) bond motifs is 1. The number of hydrogen-bond acceptors (Lipinski definition) is 3. The molecule has 0 bridgehead atoms. The van der Waals surface area contributed by atoms with E-state index >= 15 is 0 Å². The van der Waals surface area contributed by atoms with Crippen LogP contribution in [0.5, 0.6) is 11.5 Å². The number of benzene rings is 1. The summed E-state index contributed by atoms with van der Waals surface area (Å²) in [7, 11) is 0. The summed E-state index contributed by atoms with van der Waals surface area (Å²) >= 11 is 0. The Bertz CT molecular complexity index is 374. The molecule has 0 radical (unpaired) electrons. The van der Waals surface area contributed by atoms with Crippen LogP contribution in [0.1, 0.15) is 25.8 Å². The van der Waals surface area contributed by atoms with E-state index in [1.165, 1.54) is 5.56 Å². The average molecular weight is 236 g/mol. The molecule has 0 aliphatic carbocycles. The van der Waals surface area contributed by atoms with Crippen LogP contribution in [0, 0.1) is 5.92 Å². The van der Waals surface area contributed by atoms with Gasteiger partial charge in [0.15, 0.2) is 11.5 Å². The predicted molar refractivity (Wildman–Crippen MR) is 66.6 cm³/mol. The maximum atomic E-state index is 9.77. The summed E-state index contributed by atoms with van der Waals surface area (Å²) in [6.45, 7) is 5.31. The lowest BCUT2D eigenvalue weighted by atomic mass is 9.99. The Morgan fingerprint density at radius 1 is 1.18 bits per heavy atom. The molecule has 1 heterocycles. The van der Waals surface area contributed by atoms with Gasteiger partial charge in [0.25, 0.3) is 0 Å². The number of ether oxygens (including phenoxy) is 2. The molecule has 3 heteroatoms. The minimum absolute atomic E-state index is 0.233. The van der Waals surface area contributed by atoms with E-state index in [9.17, 15) is 5.11 Å². The van der Waals surface area contributed by atoms with Crippen molar-refractivity contribution in [1.82, 2.24) is 0 Å². The van der Waals surface area contributed by atoms with E-state index in [1.807, 2.05) is 32.0 Å². The topological polar surface area (TPSA) is 38.7 Å². The molecule has 17 heavy (non-hydrogen) atoms. The van der Waals surface area contributed by atoms with Crippen molar-refractivity contribution in [3.63, 3.8) is 0 Å². The molecule has 94 valence electrons. The van der Waals surface area contributed by atoms with E-state index in [4.69, 9.17) is 9.47 Å². The van der Waals surface area contributed by atoms with Crippen LogP contribution in [-0.4, -0.2) is 24.4 Å². The monoisotopic (exact) mass is 236 g/mol. The Morgan fingerprint density at radius 3 is 2.59 bits per heavy atom. The lowest BCUT2D eigenvalue weighted by Gasteiger charge is -2.19. The zero-order valence-electron chi connectivity index (χ0n) is 10.5. The molecule has 1 aliphatic heterocycles. The van der Waals surface area contributed by atoms with Crippen molar-refractivity contribution in [2.45, 2.75) is 32.8 Å². The third-order valence-corrected chi connectivity index (χ3v) is 3.10. The molecule has 1 N–H and O–H groups in total. The van der Waals surface area contributed by atoms with Crippen LogP contribution in [0.4, 0.5) is 0 Å². The molecule has 0 saturated heterocycles. The Labute approximate surface area is 102 Å². The second-order valence-corrected chi connectivity index (χ2v) is 4.83. The van der Waals surface area contributed by atoms with Crippen molar-refractivity contribution in [3.05, 3.63) is 23.8 Å². The first-order valence-corrected chi connectivity index (χ1v) is 6.23. The van der Waals surface area contributed by atoms with E-state index < -0.39 is 0 Å². The van der Waals surface area contributed by atoms with Crippen LogP contribution in [0.25, 0.3) is 0 Å². The highest BCUT2D eigenvalue weighted by Gasteiger charge is 2.13. The molecule has 0 spiro atoms. The lowest BCUT2D eigenvalue weighted by molar-refractivity contribution is 0.116. The number of aliphatic hydroxyl groups is 1. The Hall–Kier alpha value is -1.22. The van der Waals surface area contributed by atoms with Crippen molar-refractivity contribution >= 4 is 0 Å². The van der Waals surface area contributed by atoms with Crippen molar-refractivity contribution in [3.8, 4) is 11.5 Å². The zero-order valence-corrected chi connectivity index (χ0v) is 10.5. The maximum absolute atomic E-state index is 9.77. The van der Waals surface area contributed by atoms with Crippen LogP contribution in [0.3, 0.4) is 0 Å². The smallest absolute Gasteiger partial charge is 0.161 e. The summed E-state index contributed by atoms with van der Waals surface area (Å²) < 4.78 is 11.0. The van der Waals surface area contributed by atoms with E-state index in [0.717, 1.165) is 24.3 Å². The molecular weight excluding hydrogens is 216 g/mol. The number of hydrogen-bond donors (Lipinski definition) is 1. The molecular formula is C14H20O3. The third kappa shape index (κ3) is 3.13. The third-order valence-electron chi connectivity index (χ3n) is 3.10. The molecule has 1 aliphatic rings. The SMILES string of the molecule is CC(C)C(O)CCc1ccc2c(c1)OCCO2. The van der Waals surface area contributed by atoms with Gasteiger partial charge < -0.3 is 14.6 Å². The summed E-state index contributed by atoms with van der Waals surface area (Å²) in [5.74, 6) is 1.96. The van der Waals surface area contributed by atoms with Crippen LogP contribution >= 0.6 is 0 Å². The van der Waals surface area contributed by atoms with Gasteiger partial charge in [-0.3, -0.25) is 0 Å². The van der Waals surface area contributed by atoms with Crippen LogP contribution in [0.2, 0.25) is 0 Å². The van der Waals surface area contributed by atoms with Gasteiger partial charge in [0.1, 0.15) is 13.2 Å². The van der Waals surface area contributed by atoms with Gasteiger partial charge in [-0.2, -0.15) is 0 Å². The summed E-state index contributed by atoms with van der Waals surface area (Å²) in [6, 6.07) is 6.01. The highest BCUT2D eigenvalue weighted by Crippen LogP contribution is 2.31. The van der Waals surface area contributed by atoms with Gasteiger partial charge in [-0.1, -0.05) is 19.9 Å². The largest absolute Gasteiger partial charge is 0.486 e. The number of aliphatic hydroxyl groups excluding tert-OH is 1. The Morgan fingerprint density at radius 2 is 1.88 bits per heavy atom. The summed E-state index contributed by atoms with van der Waals surface area (Å²) in [5.41, 5.74) is 1.19. The second-order valence-electron chi connectivity index (χ2n) is 4.83. The van der Waals surface area contributed by atoms with Gasteiger partial charge >= 0.3 is 0 Å². The quantitative estimate of drug-likeness (QED) is 0.872. The van der Waals surface area contributed by atoms with Crippen LogP contribution < -0.4 is 9.47 Å². The fraction of sp³-hybridized carbons (Fsp3) is 0.571. The molecule has 0 amide bonds. The molecule has 2 rings (SSSR count). The predicted octanol–water partition coefficient (Wildman–Crippen LogP) is 2.41. The van der Waals surface area contributed by atoms with Gasteiger partial charge in [0, 0.05) is 0 Å². The summed E-state index contributed by atoms with van der Waals surface area (Å²) in [5, 5.41) is 9.77. The second kappa shape index (κ2) is 5.41. The molecule has 0 fully saturated rings. The number of rotatable bonds is 4. The van der Waals surface area contributed by atoms with Gasteiger partial charge in [-0.15, -0.1) is 0 Å². The standard InChI is InChI=1S/C14H20O3/c1-10(2)12(15)5-3-11-4-6-13-14(9-11)17-8-7-16-13/h4,6,9-10,12,15H,3,5,7-8H2,1-2H3. The Balaban J connectivity index is 1.97. The van der Waals surface area contributed by atoms with Crippen molar-refractivity contribution in [1.29, 1.82) is 0 Å². The molecule has 3 nitrogen and oxygen atoms in total. The van der Waals surface area contributed by atoms with Gasteiger partial charge in [-0.05, 0) is 36.5 Å². The summed E-state index contributed by atoms with van der Waals surface area (Å²) in [6.07, 6.45) is 1.43. The molecule has 1 aromatic rings. The molecule has 0 saturated carbocycles. The molecule has 1 aromatic carbocycles. The summed E-state index contributed by atoms with van der Waals surface area (Å²) in [4.78, 5) is 0. The minimum atomic E-state index is -0.233. The normalized spacial score (nSPS) is 16.0. The first-order valence-electron chi connectivity index (χ1n) is 6.23. The highest BCUT2D eigenvalue weighted by molar-refractivity contribution is 5.43. The first kappa shape index (κ1) is 12.2. The van der Waals surface area contributed by atoms with Crippen LogP contribution in [0.15, 0.2) is 18.2 Å². The van der Waals surface area contributed by atoms with E-state index in [2.05, 4.69) is 0 Å². The van der Waals surface area contributed by atoms with E-state index in [0.29, 0.717) is 19.1 Å². The molecule has 1 atom stereocenters. The Kier molecular flexibility index (Phi) is 3.89. The zero-order chi connectivity index (χ0) is 12.3. The first-order chi connectivity index (χ1) is 8.16. The van der Waals surface area contributed by atoms with Crippen molar-refractivity contribution < 1.29 is 14.6 Å². The average Bonchev–Trinajstić information content (AvgIpc) is 2.35. The van der Waals surface area contributed by atoms with Gasteiger partial charge in [-0.25, -0.2) is 0 Å². The highest BCUT2D eigenvalue weighted by atomic mass is 16.6. The van der Waals surface area contributed by atoms with Gasteiger partial charge in [0.05, 0.1) is 6.10 Å². The fourth-order valence-electron chi connectivity index (χ4n) is 1.89. The van der Waals surface area contributed by atoms with Gasteiger partial charge in [0.2, 0.25) is 0 Å². The fourth-order valence-corrected chi connectivity index (χ4v) is 1.89. The number of aryl methyl sites for hydroxylation is 1. The molecule has 0 aromatic heterocycles. The van der Waals surface area contributed by atoms with Crippen molar-refractivity contribution in [2.24, 2.45) is 5.92 Å². The lowest BCUT2D eigenvalue weighted by Crippen LogP contribution is -2.16. The minimum Gasteiger partial charge on any atom is -0.486 e.